The van der Waals surface area contributed by atoms with Crippen molar-refractivity contribution >= 4 is 23.3 Å². The number of benzene rings is 6. The number of carboxylic acid groups (broad SMARTS) is 2. The third-order valence-electron chi connectivity index (χ3n) is 11.7. The fourth-order valence-electron chi connectivity index (χ4n) is 8.82. The molecule has 0 unspecified atom stereocenters. The lowest BCUT2D eigenvalue weighted by molar-refractivity contribution is -0.137. The van der Waals surface area contributed by atoms with Gasteiger partial charge in [0.15, 0.2) is 0 Å². The Morgan fingerprint density at radius 1 is 0.617 bits per heavy atom. The van der Waals surface area contributed by atoms with Crippen LogP contribution in [-0.2, 0) is 57.8 Å². The highest BCUT2D eigenvalue weighted by atomic mass is 19.4. The average Bonchev–Trinajstić information content (AvgIpc) is 3.86. The van der Waals surface area contributed by atoms with Gasteiger partial charge in [-0.1, -0.05) is 72.8 Å². The van der Waals surface area contributed by atoms with Crippen molar-refractivity contribution in [2.24, 2.45) is 0 Å². The van der Waals surface area contributed by atoms with Crippen molar-refractivity contribution < 1.29 is 37.7 Å². The number of ether oxygens (including phenoxy) is 1. The van der Waals surface area contributed by atoms with Crippen molar-refractivity contribution in [3.63, 3.8) is 0 Å². The number of halogens is 3. The predicted octanol–water partition coefficient (Wildman–Crippen LogP) is 10.5. The van der Waals surface area contributed by atoms with Gasteiger partial charge >= 0.3 is 18.1 Å². The van der Waals surface area contributed by atoms with E-state index in [1.54, 1.807) is 31.4 Å². The van der Waals surface area contributed by atoms with Crippen LogP contribution in [0.15, 0.2) is 121 Å². The Bertz CT molecular complexity index is 2570. The molecular formula is C50H45F3N2O5. The lowest BCUT2D eigenvalue weighted by Gasteiger charge is -2.24. The minimum atomic E-state index is -4.40. The number of carbonyl (C=O) groups is 2. The first-order valence-electron chi connectivity index (χ1n) is 20.2. The van der Waals surface area contributed by atoms with E-state index in [-0.39, 0.29) is 11.1 Å². The van der Waals surface area contributed by atoms with Gasteiger partial charge in [-0.2, -0.15) is 13.2 Å². The molecule has 0 saturated carbocycles. The maximum absolute atomic E-state index is 13.5. The van der Waals surface area contributed by atoms with Gasteiger partial charge in [0.25, 0.3) is 0 Å². The molecule has 6 aromatic carbocycles. The van der Waals surface area contributed by atoms with E-state index in [0.29, 0.717) is 49.4 Å². The summed E-state index contributed by atoms with van der Waals surface area (Å²) in [5.41, 5.74) is 11.8. The molecule has 0 fully saturated rings. The molecule has 10 heteroatoms. The largest absolute Gasteiger partial charge is 0.497 e. The van der Waals surface area contributed by atoms with Crippen LogP contribution in [-0.4, -0.2) is 42.4 Å². The first kappa shape index (κ1) is 40.2. The Labute approximate surface area is 347 Å². The van der Waals surface area contributed by atoms with Crippen LogP contribution in [0.25, 0.3) is 11.1 Å². The molecule has 6 aromatic rings. The van der Waals surface area contributed by atoms with Crippen molar-refractivity contribution in [3.05, 3.63) is 183 Å². The van der Waals surface area contributed by atoms with Crippen LogP contribution in [0.5, 0.6) is 5.75 Å². The first-order valence-corrected chi connectivity index (χ1v) is 20.2. The normalized spacial score (nSPS) is 13.3. The molecule has 7 nitrogen and oxygen atoms in total. The van der Waals surface area contributed by atoms with E-state index < -0.39 is 23.7 Å². The molecule has 60 heavy (non-hydrogen) atoms. The number of hydrogen-bond acceptors (Lipinski definition) is 5. The van der Waals surface area contributed by atoms with E-state index in [1.165, 1.54) is 34.5 Å². The van der Waals surface area contributed by atoms with Crippen LogP contribution < -0.4 is 14.5 Å². The highest BCUT2D eigenvalue weighted by Gasteiger charge is 2.31. The monoisotopic (exact) mass is 810 g/mol. The number of rotatable bonds is 14. The molecule has 2 N–H and O–H groups in total. The van der Waals surface area contributed by atoms with Crippen LogP contribution in [0.2, 0.25) is 0 Å². The van der Waals surface area contributed by atoms with E-state index >= 15 is 0 Å². The maximum atomic E-state index is 13.5. The van der Waals surface area contributed by atoms with Crippen LogP contribution in [0.4, 0.5) is 24.5 Å². The molecule has 8 rings (SSSR count). The van der Waals surface area contributed by atoms with Gasteiger partial charge in [-0.15, -0.1) is 0 Å². The summed E-state index contributed by atoms with van der Waals surface area (Å²) in [7, 11) is 1.61. The number of hydrogen-bond donors (Lipinski definition) is 2. The zero-order chi connectivity index (χ0) is 42.0. The molecule has 0 saturated heterocycles. The molecule has 2 aliphatic heterocycles. The molecule has 306 valence electrons. The fraction of sp³-hybridized carbons (Fsp3) is 0.240. The number of para-hydroxylation sites is 2. The summed E-state index contributed by atoms with van der Waals surface area (Å²) in [4.78, 5) is 28.5. The Morgan fingerprint density at radius 3 is 1.82 bits per heavy atom. The number of anilines is 2. The van der Waals surface area contributed by atoms with Crippen LogP contribution in [0.1, 0.15) is 70.8 Å². The molecule has 0 radical (unpaired) electrons. The molecular weight excluding hydrogens is 766 g/mol. The number of nitrogens with zero attached hydrogens (tertiary/aromatic N) is 2. The van der Waals surface area contributed by atoms with Crippen molar-refractivity contribution in [1.82, 2.24) is 0 Å². The molecule has 2 aliphatic rings. The minimum absolute atomic E-state index is 0.191. The highest BCUT2D eigenvalue weighted by Crippen LogP contribution is 2.38. The molecule has 0 aliphatic carbocycles. The second-order valence-corrected chi connectivity index (χ2v) is 15.6. The summed E-state index contributed by atoms with van der Waals surface area (Å²) in [6, 6.07) is 36.6. The number of carboxylic acids is 2. The summed E-state index contributed by atoms with van der Waals surface area (Å²) in [6.45, 7) is 2.52. The van der Waals surface area contributed by atoms with Gasteiger partial charge in [0.1, 0.15) is 5.75 Å². The van der Waals surface area contributed by atoms with Crippen LogP contribution >= 0.6 is 0 Å². The van der Waals surface area contributed by atoms with Gasteiger partial charge in [-0.25, -0.2) is 9.59 Å². The van der Waals surface area contributed by atoms with Crippen molar-refractivity contribution in [2.75, 3.05) is 30.0 Å². The summed E-state index contributed by atoms with van der Waals surface area (Å²) < 4.78 is 46.2. The molecule has 0 aromatic heterocycles. The quantitative estimate of drug-likeness (QED) is 0.113. The lowest BCUT2D eigenvalue weighted by Crippen LogP contribution is -2.21. The zero-order valence-corrected chi connectivity index (χ0v) is 33.3. The summed E-state index contributed by atoms with van der Waals surface area (Å²) >= 11 is 0. The lowest BCUT2D eigenvalue weighted by atomic mass is 9.93. The van der Waals surface area contributed by atoms with Crippen molar-refractivity contribution in [2.45, 2.75) is 57.8 Å². The van der Waals surface area contributed by atoms with E-state index in [2.05, 4.69) is 46.2 Å². The first-order chi connectivity index (χ1) is 28.9. The molecule has 0 amide bonds. The van der Waals surface area contributed by atoms with Gasteiger partial charge in [0, 0.05) is 37.6 Å². The fourth-order valence-corrected chi connectivity index (χ4v) is 8.82. The summed E-state index contributed by atoms with van der Waals surface area (Å²) in [6.07, 6.45) is 0.185. The van der Waals surface area contributed by atoms with E-state index in [0.717, 1.165) is 71.8 Å². The van der Waals surface area contributed by atoms with Gasteiger partial charge in [-0.3, -0.25) is 0 Å². The third-order valence-corrected chi connectivity index (χ3v) is 11.7. The van der Waals surface area contributed by atoms with Gasteiger partial charge < -0.3 is 24.7 Å². The van der Waals surface area contributed by atoms with Crippen molar-refractivity contribution in [3.8, 4) is 16.9 Å². The maximum Gasteiger partial charge on any atom is 0.416 e. The summed E-state index contributed by atoms with van der Waals surface area (Å²) in [5.74, 6) is -1.34. The molecule has 0 spiro atoms. The number of aromatic carboxylic acids is 2. The molecule has 2 heterocycles. The Morgan fingerprint density at radius 2 is 1.22 bits per heavy atom. The third kappa shape index (κ3) is 8.73. The number of methoxy groups -OCH3 is 1. The SMILES string of the molecule is COc1cc(CN2CCc3cccc(CCc4ccc(C(=O)O)cc4)c32)cc(-c2cc(CCc3cccc4c3N(Cc3cccc(C(F)(F)F)c3)CC4)ccc2C(=O)O)c1. The number of fused-ring (bicyclic) bond motifs is 2. The standard InChI is InChI=1S/C50H45F3N2O5/c1-60-43-27-35(31-55-24-22-39-9-3-6-36(47(39)55)16-11-32-12-18-40(19-13-32)48(56)57)25-41(29-43)45-28-33(15-20-44(45)49(58)59)14-17-37-7-4-8-38-21-23-54(46(37)38)30-34-5-2-10-42(26-34)50(51,52)53/h2-10,12-13,15,18-20,25-29H,11,14,16-17,21-24,30-31H2,1H3,(H,56,57)(H,58,59). The second-order valence-electron chi connectivity index (χ2n) is 15.6. The smallest absolute Gasteiger partial charge is 0.416 e. The van der Waals surface area contributed by atoms with E-state index in [1.807, 2.05) is 42.5 Å². The Hall–Kier alpha value is -6.55. The summed E-state index contributed by atoms with van der Waals surface area (Å²) in [5, 5.41) is 19.6. The van der Waals surface area contributed by atoms with Gasteiger partial charge in [0.2, 0.25) is 0 Å². The van der Waals surface area contributed by atoms with Crippen LogP contribution in [0, 0.1) is 0 Å². The molecule has 0 atom stereocenters. The Balaban J connectivity index is 1.02. The van der Waals surface area contributed by atoms with E-state index in [9.17, 15) is 33.0 Å². The number of aryl methyl sites for hydroxylation is 4. The van der Waals surface area contributed by atoms with Gasteiger partial charge in [0.05, 0.1) is 23.8 Å². The van der Waals surface area contributed by atoms with Crippen molar-refractivity contribution in [1.29, 1.82) is 0 Å². The predicted molar refractivity (Wildman–Crippen MR) is 227 cm³/mol. The van der Waals surface area contributed by atoms with Gasteiger partial charge in [-0.05, 0) is 143 Å². The topological polar surface area (TPSA) is 90.3 Å². The minimum Gasteiger partial charge on any atom is -0.497 e. The highest BCUT2D eigenvalue weighted by molar-refractivity contribution is 5.96. The molecule has 0 bridgehead atoms. The Kier molecular flexibility index (Phi) is 11.4. The van der Waals surface area contributed by atoms with E-state index in [4.69, 9.17) is 4.74 Å². The van der Waals surface area contributed by atoms with Crippen LogP contribution in [0.3, 0.4) is 0 Å². The second kappa shape index (κ2) is 17.0. The zero-order valence-electron chi connectivity index (χ0n) is 33.3. The number of alkyl halides is 3. The average molecular weight is 811 g/mol.